The van der Waals surface area contributed by atoms with Crippen LogP contribution in [0.4, 0.5) is 0 Å². The molecule has 1 aromatic heterocycles. The van der Waals surface area contributed by atoms with E-state index in [1.165, 1.54) is 11.8 Å². The number of ether oxygens (including phenoxy) is 3. The molecule has 0 saturated heterocycles. The maximum atomic E-state index is 12.8. The topological polar surface area (TPSA) is 66.8 Å². The molecule has 0 radical (unpaired) electrons. The number of fused-ring (bicyclic) bond motifs is 1. The Balaban J connectivity index is 1.46. The number of thioether (sulfide) groups is 1. The van der Waals surface area contributed by atoms with Crippen molar-refractivity contribution in [3.8, 4) is 11.5 Å². The van der Waals surface area contributed by atoms with Gasteiger partial charge in [0.15, 0.2) is 18.1 Å². The number of halogens is 1. The van der Waals surface area contributed by atoms with E-state index < -0.39 is 5.97 Å². The third-order valence-electron chi connectivity index (χ3n) is 5.38. The van der Waals surface area contributed by atoms with Crippen molar-refractivity contribution in [1.29, 1.82) is 0 Å². The summed E-state index contributed by atoms with van der Waals surface area (Å²) in [4.78, 5) is 26.2. The van der Waals surface area contributed by atoms with Crippen LogP contribution in [0.15, 0.2) is 47.4 Å². The average Bonchev–Trinajstić information content (AvgIpc) is 3.37. The Labute approximate surface area is 195 Å². The van der Waals surface area contributed by atoms with Crippen LogP contribution < -0.4 is 9.47 Å². The number of carbonyl (C=O) groups excluding carboxylic acids is 2. The van der Waals surface area contributed by atoms with Gasteiger partial charge >= 0.3 is 5.97 Å². The fourth-order valence-corrected chi connectivity index (χ4v) is 4.26. The molecule has 0 atom stereocenters. The fourth-order valence-electron chi connectivity index (χ4n) is 3.62. The maximum absolute atomic E-state index is 12.8. The lowest BCUT2D eigenvalue weighted by atomic mass is 10.1. The number of Topliss-reactive ketones (excluding diaryl/α,β-unsaturated/α-hetero) is 1. The monoisotopic (exact) mass is 471 g/mol. The van der Waals surface area contributed by atoms with Crippen LogP contribution in [-0.4, -0.2) is 36.0 Å². The fraction of sp³-hybridized carbons (Fsp3) is 0.250. The van der Waals surface area contributed by atoms with Gasteiger partial charge in [-0.1, -0.05) is 17.7 Å². The van der Waals surface area contributed by atoms with E-state index in [4.69, 9.17) is 25.8 Å². The van der Waals surface area contributed by atoms with Gasteiger partial charge in [0.1, 0.15) is 0 Å². The molecule has 3 aromatic rings. The van der Waals surface area contributed by atoms with E-state index in [-0.39, 0.29) is 24.7 Å². The summed E-state index contributed by atoms with van der Waals surface area (Å²) in [6, 6.07) is 12.8. The zero-order valence-corrected chi connectivity index (χ0v) is 19.5. The molecule has 8 heteroatoms. The Kier molecular flexibility index (Phi) is 6.48. The summed E-state index contributed by atoms with van der Waals surface area (Å²) in [5.74, 6) is 0.571. The van der Waals surface area contributed by atoms with Crippen LogP contribution in [0, 0.1) is 13.8 Å². The van der Waals surface area contributed by atoms with Gasteiger partial charge in [-0.05, 0) is 62.1 Å². The van der Waals surface area contributed by atoms with E-state index in [0.29, 0.717) is 17.1 Å². The molecular formula is C24H22ClNO5S. The molecule has 0 spiro atoms. The second-order valence-electron chi connectivity index (χ2n) is 7.40. The lowest BCUT2D eigenvalue weighted by molar-refractivity contribution is 0.0474. The van der Waals surface area contributed by atoms with Gasteiger partial charge < -0.3 is 18.8 Å². The minimum Gasteiger partial charge on any atom is -0.454 e. The summed E-state index contributed by atoms with van der Waals surface area (Å²) in [5.41, 5.74) is 3.55. The highest BCUT2D eigenvalue weighted by Crippen LogP contribution is 2.33. The molecule has 0 fully saturated rings. The molecule has 6 nitrogen and oxygen atoms in total. The van der Waals surface area contributed by atoms with Crippen molar-refractivity contribution in [3.63, 3.8) is 0 Å². The van der Waals surface area contributed by atoms with Crippen molar-refractivity contribution >= 4 is 35.1 Å². The first kappa shape index (κ1) is 22.3. The molecule has 0 saturated carbocycles. The van der Waals surface area contributed by atoms with E-state index in [9.17, 15) is 9.59 Å². The normalized spacial score (nSPS) is 12.1. The number of ketones is 1. The molecule has 2 aromatic carbocycles. The molecular weight excluding hydrogens is 450 g/mol. The first-order chi connectivity index (χ1) is 15.4. The molecule has 0 N–H and O–H groups in total. The van der Waals surface area contributed by atoms with Crippen molar-refractivity contribution in [2.24, 2.45) is 0 Å². The Morgan fingerprint density at radius 1 is 1.06 bits per heavy atom. The molecule has 1 aliphatic rings. The van der Waals surface area contributed by atoms with Crippen LogP contribution in [-0.2, 0) is 11.3 Å². The van der Waals surface area contributed by atoms with Crippen molar-refractivity contribution in [1.82, 2.24) is 4.57 Å². The van der Waals surface area contributed by atoms with Gasteiger partial charge in [-0.15, -0.1) is 11.8 Å². The second kappa shape index (κ2) is 9.30. The number of aryl methyl sites for hydroxylation is 1. The van der Waals surface area contributed by atoms with Gasteiger partial charge in [0.2, 0.25) is 12.6 Å². The molecule has 0 aliphatic carbocycles. The van der Waals surface area contributed by atoms with E-state index in [1.807, 2.05) is 55.0 Å². The van der Waals surface area contributed by atoms with Gasteiger partial charge in [-0.3, -0.25) is 4.79 Å². The Hall–Kier alpha value is -2.90. The Morgan fingerprint density at radius 2 is 1.84 bits per heavy atom. The van der Waals surface area contributed by atoms with E-state index in [0.717, 1.165) is 33.3 Å². The third-order valence-corrected chi connectivity index (χ3v) is 6.43. The summed E-state index contributed by atoms with van der Waals surface area (Å²) >= 11 is 7.62. The van der Waals surface area contributed by atoms with Crippen LogP contribution in [0.5, 0.6) is 11.5 Å². The highest BCUT2D eigenvalue weighted by Gasteiger charge is 2.20. The lowest BCUT2D eigenvalue weighted by Gasteiger charge is -2.11. The number of aromatic nitrogens is 1. The minimum absolute atomic E-state index is 0.227. The van der Waals surface area contributed by atoms with Gasteiger partial charge in [0, 0.05) is 28.4 Å². The zero-order valence-electron chi connectivity index (χ0n) is 17.9. The first-order valence-electron chi connectivity index (χ1n) is 9.96. The third kappa shape index (κ3) is 4.49. The molecule has 0 amide bonds. The highest BCUT2D eigenvalue weighted by molar-refractivity contribution is 7.98. The lowest BCUT2D eigenvalue weighted by Crippen LogP contribution is -2.15. The van der Waals surface area contributed by atoms with Crippen molar-refractivity contribution < 1.29 is 23.8 Å². The Morgan fingerprint density at radius 3 is 2.62 bits per heavy atom. The molecule has 166 valence electrons. The molecule has 32 heavy (non-hydrogen) atoms. The summed E-state index contributed by atoms with van der Waals surface area (Å²) < 4.78 is 18.1. The summed E-state index contributed by atoms with van der Waals surface area (Å²) in [7, 11) is 0. The predicted molar refractivity (Wildman–Crippen MR) is 123 cm³/mol. The van der Waals surface area contributed by atoms with Gasteiger partial charge in [0.25, 0.3) is 0 Å². The van der Waals surface area contributed by atoms with Gasteiger partial charge in [0.05, 0.1) is 10.6 Å². The van der Waals surface area contributed by atoms with Crippen molar-refractivity contribution in [2.45, 2.75) is 25.3 Å². The van der Waals surface area contributed by atoms with E-state index >= 15 is 0 Å². The summed E-state index contributed by atoms with van der Waals surface area (Å²) in [6.45, 7) is 4.28. The van der Waals surface area contributed by atoms with Crippen molar-refractivity contribution in [2.75, 3.05) is 19.7 Å². The number of benzene rings is 2. The van der Waals surface area contributed by atoms with Crippen LogP contribution >= 0.6 is 23.4 Å². The molecule has 0 unspecified atom stereocenters. The molecule has 0 bridgehead atoms. The van der Waals surface area contributed by atoms with E-state index in [2.05, 4.69) is 0 Å². The predicted octanol–water partition coefficient (Wildman–Crippen LogP) is 5.30. The smallest absolute Gasteiger partial charge is 0.340 e. The summed E-state index contributed by atoms with van der Waals surface area (Å²) in [6.07, 6.45) is 1.90. The average molecular weight is 472 g/mol. The van der Waals surface area contributed by atoms with Crippen LogP contribution in [0.25, 0.3) is 0 Å². The van der Waals surface area contributed by atoms with Gasteiger partial charge in [-0.2, -0.15) is 0 Å². The Bertz CT molecular complexity index is 1200. The van der Waals surface area contributed by atoms with Crippen LogP contribution in [0.2, 0.25) is 5.02 Å². The number of rotatable bonds is 7. The van der Waals surface area contributed by atoms with Crippen LogP contribution in [0.3, 0.4) is 0 Å². The van der Waals surface area contributed by atoms with E-state index in [1.54, 1.807) is 12.1 Å². The van der Waals surface area contributed by atoms with Crippen molar-refractivity contribution in [3.05, 3.63) is 75.6 Å². The molecule has 2 heterocycles. The quantitative estimate of drug-likeness (QED) is 0.265. The molecule has 4 rings (SSSR count). The van der Waals surface area contributed by atoms with Crippen LogP contribution in [0.1, 0.15) is 37.7 Å². The number of esters is 1. The summed E-state index contributed by atoms with van der Waals surface area (Å²) in [5, 5.41) is 0.294. The minimum atomic E-state index is -0.617. The standard InChI is InChI=1S/C24H22ClNO5S/c1-14-8-18(15(2)26(14)11-16-4-7-22-23(9-16)31-13-30-22)21(27)12-29-24(28)19-10-17(32-3)5-6-20(19)25/h4-10H,11-13H2,1-3H3. The zero-order chi connectivity index (χ0) is 22.8. The second-order valence-corrected chi connectivity index (χ2v) is 8.69. The molecule has 1 aliphatic heterocycles. The number of nitrogens with zero attached hydrogens (tertiary/aromatic N) is 1. The SMILES string of the molecule is CSc1ccc(Cl)c(C(=O)OCC(=O)c2cc(C)n(Cc3ccc4c(c3)OCO4)c2C)c1. The number of hydrogen-bond donors (Lipinski definition) is 0. The highest BCUT2D eigenvalue weighted by atomic mass is 35.5. The van der Waals surface area contributed by atoms with Gasteiger partial charge in [-0.25, -0.2) is 4.79 Å². The maximum Gasteiger partial charge on any atom is 0.340 e. The number of carbonyl (C=O) groups is 2. The largest absolute Gasteiger partial charge is 0.454 e. The first-order valence-corrected chi connectivity index (χ1v) is 11.6. The number of hydrogen-bond acceptors (Lipinski definition) is 6.